The molecule has 1 aromatic rings. The van der Waals surface area contributed by atoms with Crippen LogP contribution in [0.15, 0.2) is 24.3 Å². The first-order chi connectivity index (χ1) is 9.76. The van der Waals surface area contributed by atoms with Crippen LogP contribution in [0.2, 0.25) is 0 Å². The van der Waals surface area contributed by atoms with E-state index in [1.54, 1.807) is 12.0 Å². The number of rotatable bonds is 6. The maximum absolute atomic E-state index is 12.5. The van der Waals surface area contributed by atoms with Crippen LogP contribution in [-0.4, -0.2) is 38.8 Å². The Hall–Kier alpha value is -1.59. The summed E-state index contributed by atoms with van der Waals surface area (Å²) in [4.78, 5) is 14.3. The molecule has 5 nitrogen and oxygen atoms in total. The molecule has 1 amide bonds. The van der Waals surface area contributed by atoms with Gasteiger partial charge in [-0.3, -0.25) is 4.79 Å². The lowest BCUT2D eigenvalue weighted by Gasteiger charge is -2.25. The van der Waals surface area contributed by atoms with Gasteiger partial charge >= 0.3 is 0 Å². The predicted octanol–water partition coefficient (Wildman–Crippen LogP) is 1.56. The van der Waals surface area contributed by atoms with Gasteiger partial charge in [-0.1, -0.05) is 0 Å². The number of methoxy groups -OCH3 is 1. The van der Waals surface area contributed by atoms with Gasteiger partial charge in [-0.15, -0.1) is 0 Å². The largest absolute Gasteiger partial charge is 0.497 e. The number of ether oxygens (including phenoxy) is 2. The Morgan fingerprint density at radius 3 is 2.75 bits per heavy atom. The molecular formula is C15H22N2O3. The summed E-state index contributed by atoms with van der Waals surface area (Å²) in [5, 5.41) is 0. The van der Waals surface area contributed by atoms with Crippen molar-refractivity contribution in [2.24, 2.45) is 5.73 Å². The number of nitrogens with zero attached hydrogens (tertiary/aromatic N) is 1. The molecule has 20 heavy (non-hydrogen) atoms. The second kappa shape index (κ2) is 7.26. The minimum Gasteiger partial charge on any atom is -0.497 e. The molecular weight excluding hydrogens is 256 g/mol. The number of carbonyl (C=O) groups excluding carboxylic acids is 1. The summed E-state index contributed by atoms with van der Waals surface area (Å²) in [6.45, 7) is 1.84. The molecule has 5 heteroatoms. The second-order valence-electron chi connectivity index (χ2n) is 4.83. The number of amides is 1. The van der Waals surface area contributed by atoms with Gasteiger partial charge in [0, 0.05) is 18.8 Å². The van der Waals surface area contributed by atoms with Crippen molar-refractivity contribution >= 4 is 11.6 Å². The molecule has 110 valence electrons. The van der Waals surface area contributed by atoms with Gasteiger partial charge in [-0.05, 0) is 50.1 Å². The second-order valence-corrected chi connectivity index (χ2v) is 4.83. The molecule has 0 saturated carbocycles. The van der Waals surface area contributed by atoms with Crippen LogP contribution in [0.25, 0.3) is 0 Å². The highest BCUT2D eigenvalue weighted by atomic mass is 16.5. The molecule has 1 saturated heterocycles. The molecule has 1 aliphatic rings. The highest BCUT2D eigenvalue weighted by Crippen LogP contribution is 2.23. The highest BCUT2D eigenvalue weighted by molar-refractivity contribution is 5.96. The van der Waals surface area contributed by atoms with Gasteiger partial charge in [0.15, 0.2) is 0 Å². The Bertz CT molecular complexity index is 427. The van der Waals surface area contributed by atoms with E-state index in [1.165, 1.54) is 0 Å². The number of benzene rings is 1. The van der Waals surface area contributed by atoms with Gasteiger partial charge in [-0.2, -0.15) is 0 Å². The first-order valence-electron chi connectivity index (χ1n) is 7.03. The van der Waals surface area contributed by atoms with Gasteiger partial charge in [0.05, 0.1) is 7.11 Å². The smallest absolute Gasteiger partial charge is 0.256 e. The SMILES string of the molecule is COc1ccc(N(CCCN)C(=O)C2CCCO2)cc1. The van der Waals surface area contributed by atoms with Crippen molar-refractivity contribution in [2.45, 2.75) is 25.4 Å². The zero-order valence-corrected chi connectivity index (χ0v) is 11.9. The standard InChI is InChI=1S/C15H22N2O3/c1-19-13-7-5-12(6-8-13)17(10-3-9-16)15(18)14-4-2-11-20-14/h5-8,14H,2-4,9-11,16H2,1H3. The van der Waals surface area contributed by atoms with Crippen LogP contribution in [0.1, 0.15) is 19.3 Å². The van der Waals surface area contributed by atoms with Gasteiger partial charge < -0.3 is 20.1 Å². The van der Waals surface area contributed by atoms with E-state index in [4.69, 9.17) is 15.2 Å². The lowest BCUT2D eigenvalue weighted by atomic mass is 10.2. The molecule has 1 aliphatic heterocycles. The zero-order valence-electron chi connectivity index (χ0n) is 11.9. The van der Waals surface area contributed by atoms with Crippen molar-refractivity contribution in [3.05, 3.63) is 24.3 Å². The molecule has 1 unspecified atom stereocenters. The first-order valence-corrected chi connectivity index (χ1v) is 7.03. The monoisotopic (exact) mass is 278 g/mol. The molecule has 0 aliphatic carbocycles. The Labute approximate surface area is 119 Å². The molecule has 1 fully saturated rings. The third-order valence-electron chi connectivity index (χ3n) is 3.44. The third-order valence-corrected chi connectivity index (χ3v) is 3.44. The van der Waals surface area contributed by atoms with Gasteiger partial charge in [0.2, 0.25) is 0 Å². The van der Waals surface area contributed by atoms with Crippen molar-refractivity contribution in [3.8, 4) is 5.75 Å². The fourth-order valence-corrected chi connectivity index (χ4v) is 2.32. The summed E-state index contributed by atoms with van der Waals surface area (Å²) >= 11 is 0. The maximum Gasteiger partial charge on any atom is 0.256 e. The number of hydrogen-bond donors (Lipinski definition) is 1. The van der Waals surface area contributed by atoms with Crippen LogP contribution in [0.5, 0.6) is 5.75 Å². The Balaban J connectivity index is 2.14. The molecule has 0 aromatic heterocycles. The van der Waals surface area contributed by atoms with Crippen LogP contribution in [-0.2, 0) is 9.53 Å². The maximum atomic E-state index is 12.5. The molecule has 1 aromatic carbocycles. The summed E-state index contributed by atoms with van der Waals surface area (Å²) in [5.41, 5.74) is 6.43. The number of carbonyl (C=O) groups is 1. The minimum atomic E-state index is -0.310. The van der Waals surface area contributed by atoms with Crippen molar-refractivity contribution in [1.82, 2.24) is 0 Å². The number of hydrogen-bond acceptors (Lipinski definition) is 4. The van der Waals surface area contributed by atoms with E-state index in [0.717, 1.165) is 30.7 Å². The summed E-state index contributed by atoms with van der Waals surface area (Å²) < 4.78 is 10.6. The van der Waals surface area contributed by atoms with Crippen LogP contribution in [0.4, 0.5) is 5.69 Å². The Morgan fingerprint density at radius 2 is 2.20 bits per heavy atom. The molecule has 2 rings (SSSR count). The van der Waals surface area contributed by atoms with Gasteiger partial charge in [0.25, 0.3) is 5.91 Å². The normalized spacial score (nSPS) is 18.0. The van der Waals surface area contributed by atoms with Crippen molar-refractivity contribution in [2.75, 3.05) is 31.7 Å². The zero-order chi connectivity index (χ0) is 14.4. The van der Waals surface area contributed by atoms with Crippen LogP contribution >= 0.6 is 0 Å². The topological polar surface area (TPSA) is 64.8 Å². The predicted molar refractivity (Wildman–Crippen MR) is 78.0 cm³/mol. The Kier molecular flexibility index (Phi) is 5.38. The van der Waals surface area contributed by atoms with Crippen molar-refractivity contribution < 1.29 is 14.3 Å². The highest BCUT2D eigenvalue weighted by Gasteiger charge is 2.28. The van der Waals surface area contributed by atoms with E-state index < -0.39 is 0 Å². The number of nitrogens with two attached hydrogens (primary N) is 1. The van der Waals surface area contributed by atoms with E-state index in [1.807, 2.05) is 24.3 Å². The average Bonchev–Trinajstić information content (AvgIpc) is 3.02. The molecule has 1 heterocycles. The summed E-state index contributed by atoms with van der Waals surface area (Å²) in [7, 11) is 1.62. The molecule has 0 radical (unpaired) electrons. The molecule has 0 spiro atoms. The lowest BCUT2D eigenvalue weighted by molar-refractivity contribution is -0.127. The van der Waals surface area contributed by atoms with E-state index >= 15 is 0 Å². The van der Waals surface area contributed by atoms with Crippen LogP contribution < -0.4 is 15.4 Å². The summed E-state index contributed by atoms with van der Waals surface area (Å²) in [6, 6.07) is 7.49. The fraction of sp³-hybridized carbons (Fsp3) is 0.533. The van der Waals surface area contributed by atoms with Gasteiger partial charge in [0.1, 0.15) is 11.9 Å². The van der Waals surface area contributed by atoms with Crippen LogP contribution in [0.3, 0.4) is 0 Å². The van der Waals surface area contributed by atoms with E-state index in [9.17, 15) is 4.79 Å². The molecule has 0 bridgehead atoms. The van der Waals surface area contributed by atoms with Crippen LogP contribution in [0, 0.1) is 0 Å². The Morgan fingerprint density at radius 1 is 1.45 bits per heavy atom. The lowest BCUT2D eigenvalue weighted by Crippen LogP contribution is -2.40. The van der Waals surface area contributed by atoms with E-state index in [0.29, 0.717) is 19.7 Å². The fourth-order valence-electron chi connectivity index (χ4n) is 2.32. The van der Waals surface area contributed by atoms with Crippen molar-refractivity contribution in [3.63, 3.8) is 0 Å². The third kappa shape index (κ3) is 3.49. The first kappa shape index (κ1) is 14.8. The molecule has 2 N–H and O–H groups in total. The quantitative estimate of drug-likeness (QED) is 0.857. The average molecular weight is 278 g/mol. The summed E-state index contributed by atoms with van der Waals surface area (Å²) in [5.74, 6) is 0.804. The number of anilines is 1. The van der Waals surface area contributed by atoms with E-state index in [-0.39, 0.29) is 12.0 Å². The minimum absolute atomic E-state index is 0.0288. The van der Waals surface area contributed by atoms with E-state index in [2.05, 4.69) is 0 Å². The summed E-state index contributed by atoms with van der Waals surface area (Å²) in [6.07, 6.45) is 2.21. The van der Waals surface area contributed by atoms with Gasteiger partial charge in [-0.25, -0.2) is 0 Å². The van der Waals surface area contributed by atoms with Crippen molar-refractivity contribution in [1.29, 1.82) is 0 Å². The molecule has 1 atom stereocenters.